The number of nitrogens with zero attached hydrogens (tertiary/aromatic N) is 1. The molecule has 0 aliphatic carbocycles. The van der Waals surface area contributed by atoms with E-state index in [0.29, 0.717) is 5.92 Å². The number of benzene rings is 1. The van der Waals surface area contributed by atoms with Crippen LogP contribution in [0.15, 0.2) is 47.1 Å². The molecule has 0 aliphatic rings. The van der Waals surface area contributed by atoms with Crippen LogP contribution in [0, 0.1) is 0 Å². The highest BCUT2D eigenvalue weighted by atomic mass is 79.9. The van der Waals surface area contributed by atoms with Gasteiger partial charge in [-0.1, -0.05) is 45.0 Å². The number of halogens is 1. The molecule has 21 heavy (non-hydrogen) atoms. The number of pyridine rings is 1. The minimum absolute atomic E-state index is 0.257. The third kappa shape index (κ3) is 4.65. The summed E-state index contributed by atoms with van der Waals surface area (Å²) in [4.78, 5) is 4.53. The van der Waals surface area contributed by atoms with Crippen LogP contribution in [0.2, 0.25) is 0 Å². The molecule has 0 radical (unpaired) electrons. The Balaban J connectivity index is 2.13. The van der Waals surface area contributed by atoms with E-state index in [-0.39, 0.29) is 6.04 Å². The smallest absolute Gasteiger partial charge is 0.0577 e. The monoisotopic (exact) mass is 346 g/mol. The molecule has 0 spiro atoms. The van der Waals surface area contributed by atoms with E-state index in [2.05, 4.69) is 83.4 Å². The van der Waals surface area contributed by atoms with Gasteiger partial charge in [0, 0.05) is 10.7 Å². The van der Waals surface area contributed by atoms with Crippen molar-refractivity contribution >= 4 is 15.9 Å². The zero-order chi connectivity index (χ0) is 15.2. The Kier molecular flexibility index (Phi) is 5.95. The number of aromatic nitrogens is 1. The minimum Gasteiger partial charge on any atom is -0.309 e. The molecule has 0 bridgehead atoms. The molecule has 1 N–H and O–H groups in total. The molecule has 1 unspecified atom stereocenters. The van der Waals surface area contributed by atoms with E-state index in [0.717, 1.165) is 23.1 Å². The second-order valence-electron chi connectivity index (χ2n) is 5.61. The second kappa shape index (κ2) is 7.71. The summed E-state index contributed by atoms with van der Waals surface area (Å²) >= 11 is 3.44. The van der Waals surface area contributed by atoms with Crippen LogP contribution in [0.4, 0.5) is 0 Å². The Hall–Kier alpha value is -1.19. The topological polar surface area (TPSA) is 24.9 Å². The fraction of sp³-hybridized carbons (Fsp3) is 0.389. The highest BCUT2D eigenvalue weighted by molar-refractivity contribution is 9.10. The highest BCUT2D eigenvalue weighted by Crippen LogP contribution is 2.20. The Morgan fingerprint density at radius 1 is 1.10 bits per heavy atom. The maximum atomic E-state index is 4.53. The van der Waals surface area contributed by atoms with Gasteiger partial charge in [-0.2, -0.15) is 0 Å². The lowest BCUT2D eigenvalue weighted by atomic mass is 9.98. The van der Waals surface area contributed by atoms with Gasteiger partial charge in [0.1, 0.15) is 0 Å². The molecule has 112 valence electrons. The van der Waals surface area contributed by atoms with Crippen molar-refractivity contribution < 1.29 is 0 Å². The Bertz CT molecular complexity index is 546. The lowest BCUT2D eigenvalue weighted by Crippen LogP contribution is -2.23. The van der Waals surface area contributed by atoms with Gasteiger partial charge >= 0.3 is 0 Å². The van der Waals surface area contributed by atoms with Gasteiger partial charge in [0.05, 0.1) is 11.7 Å². The molecule has 2 rings (SSSR count). The Morgan fingerprint density at radius 2 is 1.81 bits per heavy atom. The van der Waals surface area contributed by atoms with Gasteiger partial charge in [-0.15, -0.1) is 0 Å². The first-order chi connectivity index (χ1) is 10.1. The molecule has 1 aromatic carbocycles. The van der Waals surface area contributed by atoms with Gasteiger partial charge in [-0.3, -0.25) is 4.98 Å². The van der Waals surface area contributed by atoms with Crippen molar-refractivity contribution in [1.82, 2.24) is 10.3 Å². The van der Waals surface area contributed by atoms with Gasteiger partial charge in [0.2, 0.25) is 0 Å². The van der Waals surface area contributed by atoms with Crippen molar-refractivity contribution in [2.24, 2.45) is 0 Å². The summed E-state index contributed by atoms with van der Waals surface area (Å²) in [6, 6.07) is 13.3. The van der Waals surface area contributed by atoms with Crippen molar-refractivity contribution in [3.63, 3.8) is 0 Å². The molecule has 0 saturated carbocycles. The summed E-state index contributed by atoms with van der Waals surface area (Å²) in [6.07, 6.45) is 2.82. The molecule has 1 heterocycles. The fourth-order valence-corrected chi connectivity index (χ4v) is 2.63. The predicted octanol–water partition coefficient (Wildman–Crippen LogP) is 4.86. The minimum atomic E-state index is 0.257. The molecule has 0 saturated heterocycles. The van der Waals surface area contributed by atoms with E-state index in [1.165, 1.54) is 11.1 Å². The van der Waals surface area contributed by atoms with Crippen LogP contribution in [-0.4, -0.2) is 11.5 Å². The molecule has 0 amide bonds. The molecule has 3 heteroatoms. The van der Waals surface area contributed by atoms with Gasteiger partial charge in [-0.05, 0) is 58.1 Å². The Morgan fingerprint density at radius 3 is 2.33 bits per heavy atom. The van der Waals surface area contributed by atoms with Crippen LogP contribution in [-0.2, 0) is 6.42 Å². The number of hydrogen-bond acceptors (Lipinski definition) is 2. The molecule has 2 aromatic rings. The summed E-state index contributed by atoms with van der Waals surface area (Å²) in [7, 11) is 0. The summed E-state index contributed by atoms with van der Waals surface area (Å²) in [5.74, 6) is 0.580. The van der Waals surface area contributed by atoms with E-state index in [1.54, 1.807) is 0 Å². The number of hydrogen-bond donors (Lipinski definition) is 1. The van der Waals surface area contributed by atoms with Crippen molar-refractivity contribution in [2.45, 2.75) is 39.2 Å². The summed E-state index contributed by atoms with van der Waals surface area (Å²) in [6.45, 7) is 7.52. The molecule has 0 aliphatic heterocycles. The second-order valence-corrected chi connectivity index (χ2v) is 6.53. The number of rotatable bonds is 6. The standard InChI is InChI=1S/C18H23BrN2/c1-4-20-18(17-10-9-16(19)12-21-17)11-14-5-7-15(8-6-14)13(2)3/h5-10,12-13,18,20H,4,11H2,1-3H3. The van der Waals surface area contributed by atoms with Crippen LogP contribution in [0.3, 0.4) is 0 Å². The molecule has 1 atom stereocenters. The predicted molar refractivity (Wildman–Crippen MR) is 92.6 cm³/mol. The van der Waals surface area contributed by atoms with Gasteiger partial charge in [0.15, 0.2) is 0 Å². The Labute approximate surface area is 136 Å². The molecular weight excluding hydrogens is 324 g/mol. The first-order valence-corrected chi connectivity index (χ1v) is 8.33. The van der Waals surface area contributed by atoms with E-state index >= 15 is 0 Å². The van der Waals surface area contributed by atoms with Crippen molar-refractivity contribution in [3.8, 4) is 0 Å². The average Bonchev–Trinajstić information content (AvgIpc) is 2.48. The van der Waals surface area contributed by atoms with Gasteiger partial charge < -0.3 is 5.32 Å². The summed E-state index contributed by atoms with van der Waals surface area (Å²) in [5.41, 5.74) is 3.82. The highest BCUT2D eigenvalue weighted by Gasteiger charge is 2.12. The third-order valence-electron chi connectivity index (χ3n) is 3.64. The van der Waals surface area contributed by atoms with Gasteiger partial charge in [0.25, 0.3) is 0 Å². The maximum Gasteiger partial charge on any atom is 0.0577 e. The van der Waals surface area contributed by atoms with Crippen LogP contribution < -0.4 is 5.32 Å². The van der Waals surface area contributed by atoms with Crippen LogP contribution in [0.5, 0.6) is 0 Å². The van der Waals surface area contributed by atoms with Crippen LogP contribution in [0.1, 0.15) is 49.6 Å². The van der Waals surface area contributed by atoms with Crippen molar-refractivity contribution in [3.05, 3.63) is 63.9 Å². The SMILES string of the molecule is CCNC(Cc1ccc(C(C)C)cc1)c1ccc(Br)cn1. The lowest BCUT2D eigenvalue weighted by molar-refractivity contribution is 0.536. The zero-order valence-corrected chi connectivity index (χ0v) is 14.5. The maximum absolute atomic E-state index is 4.53. The zero-order valence-electron chi connectivity index (χ0n) is 12.9. The van der Waals surface area contributed by atoms with Crippen molar-refractivity contribution in [1.29, 1.82) is 0 Å². The number of nitrogens with one attached hydrogen (secondary N) is 1. The molecule has 2 nitrogen and oxygen atoms in total. The van der Waals surface area contributed by atoms with Crippen molar-refractivity contribution in [2.75, 3.05) is 6.54 Å². The quantitative estimate of drug-likeness (QED) is 0.807. The molecular formula is C18H23BrN2. The normalized spacial score (nSPS) is 12.6. The van der Waals surface area contributed by atoms with Crippen LogP contribution >= 0.6 is 15.9 Å². The molecule has 0 fully saturated rings. The van der Waals surface area contributed by atoms with E-state index in [4.69, 9.17) is 0 Å². The van der Waals surface area contributed by atoms with E-state index in [1.807, 2.05) is 6.20 Å². The first-order valence-electron chi connectivity index (χ1n) is 7.53. The summed E-state index contributed by atoms with van der Waals surface area (Å²) < 4.78 is 1.02. The van der Waals surface area contributed by atoms with Crippen LogP contribution in [0.25, 0.3) is 0 Å². The largest absolute Gasteiger partial charge is 0.309 e. The van der Waals surface area contributed by atoms with E-state index < -0.39 is 0 Å². The third-order valence-corrected chi connectivity index (χ3v) is 4.11. The number of likely N-dealkylation sites (N-methyl/N-ethyl adjacent to an activating group) is 1. The van der Waals surface area contributed by atoms with Gasteiger partial charge in [-0.25, -0.2) is 0 Å². The lowest BCUT2D eigenvalue weighted by Gasteiger charge is -2.18. The average molecular weight is 347 g/mol. The molecule has 1 aromatic heterocycles. The first kappa shape index (κ1) is 16.2. The van der Waals surface area contributed by atoms with E-state index in [9.17, 15) is 0 Å². The fourth-order valence-electron chi connectivity index (χ4n) is 2.40. The summed E-state index contributed by atoms with van der Waals surface area (Å²) in [5, 5.41) is 3.53.